The zero-order valence-electron chi connectivity index (χ0n) is 12.4. The van der Waals surface area contributed by atoms with Gasteiger partial charge in [0.25, 0.3) is 0 Å². The molecule has 1 atom stereocenters. The van der Waals surface area contributed by atoms with E-state index in [1.165, 1.54) is 6.07 Å². The van der Waals surface area contributed by atoms with Crippen LogP contribution in [0.1, 0.15) is 48.0 Å². The first-order valence-electron chi connectivity index (χ1n) is 6.99. The second-order valence-corrected chi connectivity index (χ2v) is 5.11. The van der Waals surface area contributed by atoms with Crippen LogP contribution in [-0.4, -0.2) is 14.9 Å². The van der Waals surface area contributed by atoms with Crippen molar-refractivity contribution in [1.29, 1.82) is 0 Å². The second kappa shape index (κ2) is 5.75. The Hall–Kier alpha value is -1.68. The highest BCUT2D eigenvalue weighted by molar-refractivity contribution is 5.37. The van der Waals surface area contributed by atoms with E-state index in [4.69, 9.17) is 0 Å². The maximum atomic E-state index is 14.2. The average molecular weight is 276 g/mol. The highest BCUT2D eigenvalue weighted by Crippen LogP contribution is 2.28. The fourth-order valence-corrected chi connectivity index (χ4v) is 2.55. The highest BCUT2D eigenvalue weighted by atomic mass is 19.1. The molecule has 20 heavy (non-hydrogen) atoms. The van der Waals surface area contributed by atoms with Gasteiger partial charge in [-0.05, 0) is 50.5 Å². The van der Waals surface area contributed by atoms with E-state index < -0.39 is 6.10 Å². The lowest BCUT2D eigenvalue weighted by Crippen LogP contribution is -2.12. The summed E-state index contributed by atoms with van der Waals surface area (Å²) in [6.45, 7) is 8.29. The van der Waals surface area contributed by atoms with Gasteiger partial charge in [0.15, 0.2) is 0 Å². The minimum atomic E-state index is -0.983. The van der Waals surface area contributed by atoms with E-state index in [9.17, 15) is 9.50 Å². The fraction of sp³-hybridized carbons (Fsp3) is 0.438. The monoisotopic (exact) mass is 276 g/mol. The quantitative estimate of drug-likeness (QED) is 0.930. The predicted molar refractivity (Wildman–Crippen MR) is 77.2 cm³/mol. The van der Waals surface area contributed by atoms with Crippen molar-refractivity contribution in [1.82, 2.24) is 9.78 Å². The van der Waals surface area contributed by atoms with Crippen molar-refractivity contribution in [3.05, 3.63) is 52.1 Å². The third kappa shape index (κ3) is 2.61. The maximum absolute atomic E-state index is 14.2. The molecule has 108 valence electrons. The number of rotatable bonds is 4. The molecule has 0 aliphatic rings. The van der Waals surface area contributed by atoms with Crippen molar-refractivity contribution in [3.8, 4) is 0 Å². The van der Waals surface area contributed by atoms with Gasteiger partial charge in [0.1, 0.15) is 11.9 Å². The molecule has 1 unspecified atom stereocenters. The number of aromatic nitrogens is 2. The standard InChI is InChI=1S/C16H21FN2O/c1-5-12-9-14(19(6-2)18-12)16(20)15-11(4)7-10(3)8-13(15)17/h7-9,16,20H,5-6H2,1-4H3. The number of benzene rings is 1. The topological polar surface area (TPSA) is 38.0 Å². The summed E-state index contributed by atoms with van der Waals surface area (Å²) in [5.41, 5.74) is 3.51. The maximum Gasteiger partial charge on any atom is 0.129 e. The lowest BCUT2D eigenvalue weighted by molar-refractivity contribution is 0.202. The molecule has 0 amide bonds. The lowest BCUT2D eigenvalue weighted by Gasteiger charge is -2.16. The van der Waals surface area contributed by atoms with Gasteiger partial charge >= 0.3 is 0 Å². The first-order chi connectivity index (χ1) is 9.47. The number of aliphatic hydroxyl groups excluding tert-OH is 1. The minimum Gasteiger partial charge on any atom is -0.382 e. The Bertz CT molecular complexity index is 596. The molecule has 0 aliphatic carbocycles. The highest BCUT2D eigenvalue weighted by Gasteiger charge is 2.22. The Balaban J connectivity index is 2.51. The van der Waals surface area contributed by atoms with Crippen molar-refractivity contribution in [3.63, 3.8) is 0 Å². The van der Waals surface area contributed by atoms with Crippen LogP contribution in [0.25, 0.3) is 0 Å². The molecule has 2 aromatic rings. The number of aliphatic hydroxyl groups is 1. The van der Waals surface area contributed by atoms with Crippen LogP contribution in [0.15, 0.2) is 18.2 Å². The van der Waals surface area contributed by atoms with Crippen LogP contribution in [-0.2, 0) is 13.0 Å². The third-order valence-corrected chi connectivity index (χ3v) is 3.56. The molecule has 4 heteroatoms. The van der Waals surface area contributed by atoms with E-state index in [0.717, 1.165) is 23.2 Å². The second-order valence-electron chi connectivity index (χ2n) is 5.11. The van der Waals surface area contributed by atoms with Crippen LogP contribution in [0.2, 0.25) is 0 Å². The van der Waals surface area contributed by atoms with E-state index in [-0.39, 0.29) is 5.82 Å². The number of halogens is 1. The first-order valence-corrected chi connectivity index (χ1v) is 6.99. The van der Waals surface area contributed by atoms with Crippen molar-refractivity contribution < 1.29 is 9.50 Å². The SMILES string of the molecule is CCc1cc(C(O)c2c(C)cc(C)cc2F)n(CC)n1. The Labute approximate surface area is 119 Å². The van der Waals surface area contributed by atoms with Gasteiger partial charge in [-0.25, -0.2) is 4.39 Å². The lowest BCUT2D eigenvalue weighted by atomic mass is 9.98. The van der Waals surface area contributed by atoms with Crippen molar-refractivity contribution >= 4 is 0 Å². The molecule has 0 spiro atoms. The summed E-state index contributed by atoms with van der Waals surface area (Å²) < 4.78 is 15.9. The molecule has 1 N–H and O–H groups in total. The molecule has 0 saturated carbocycles. The molecule has 2 rings (SSSR count). The number of hydrogen-bond donors (Lipinski definition) is 1. The van der Waals surface area contributed by atoms with E-state index >= 15 is 0 Å². The normalized spacial score (nSPS) is 12.7. The largest absolute Gasteiger partial charge is 0.382 e. The fourth-order valence-electron chi connectivity index (χ4n) is 2.55. The summed E-state index contributed by atoms with van der Waals surface area (Å²) in [6.07, 6.45) is -0.189. The molecule has 0 fully saturated rings. The molecule has 1 aromatic carbocycles. The molecular formula is C16H21FN2O. The summed E-state index contributed by atoms with van der Waals surface area (Å²) in [5, 5.41) is 15.0. The molecule has 0 aliphatic heterocycles. The summed E-state index contributed by atoms with van der Waals surface area (Å²) in [5.74, 6) is -0.364. The van der Waals surface area contributed by atoms with E-state index in [1.54, 1.807) is 4.68 Å². The van der Waals surface area contributed by atoms with Gasteiger partial charge in [-0.3, -0.25) is 4.68 Å². The summed E-state index contributed by atoms with van der Waals surface area (Å²) in [6, 6.07) is 5.20. The van der Waals surface area contributed by atoms with Gasteiger partial charge < -0.3 is 5.11 Å². The van der Waals surface area contributed by atoms with Crippen LogP contribution in [0, 0.1) is 19.7 Å². The third-order valence-electron chi connectivity index (χ3n) is 3.56. The molecule has 0 radical (unpaired) electrons. The van der Waals surface area contributed by atoms with Crippen LogP contribution in [0.5, 0.6) is 0 Å². The average Bonchev–Trinajstić information content (AvgIpc) is 2.80. The smallest absolute Gasteiger partial charge is 0.129 e. The minimum absolute atomic E-state index is 0.341. The van der Waals surface area contributed by atoms with Gasteiger partial charge in [-0.2, -0.15) is 5.10 Å². The van der Waals surface area contributed by atoms with Crippen molar-refractivity contribution in [2.75, 3.05) is 0 Å². The van der Waals surface area contributed by atoms with Gasteiger partial charge in [0.2, 0.25) is 0 Å². The molecule has 0 bridgehead atoms. The molecule has 3 nitrogen and oxygen atoms in total. The predicted octanol–water partition coefficient (Wildman–Crippen LogP) is 3.30. The Kier molecular flexibility index (Phi) is 4.23. The molecule has 1 heterocycles. The van der Waals surface area contributed by atoms with Crippen molar-refractivity contribution in [2.45, 2.75) is 46.8 Å². The Morgan fingerprint density at radius 1 is 1.25 bits per heavy atom. The summed E-state index contributed by atoms with van der Waals surface area (Å²) >= 11 is 0. The summed E-state index contributed by atoms with van der Waals surface area (Å²) in [4.78, 5) is 0. The van der Waals surface area contributed by atoms with Gasteiger partial charge in [0.05, 0.1) is 11.4 Å². The molecule has 1 aromatic heterocycles. The molecule has 0 saturated heterocycles. The first kappa shape index (κ1) is 14.7. The van der Waals surface area contributed by atoms with Crippen LogP contribution in [0.3, 0.4) is 0 Å². The van der Waals surface area contributed by atoms with Gasteiger partial charge in [-0.1, -0.05) is 13.0 Å². The number of hydrogen-bond acceptors (Lipinski definition) is 2. The Morgan fingerprint density at radius 2 is 1.95 bits per heavy atom. The molecular weight excluding hydrogens is 255 g/mol. The van der Waals surface area contributed by atoms with E-state index in [1.807, 2.05) is 39.8 Å². The Morgan fingerprint density at radius 3 is 2.50 bits per heavy atom. The number of nitrogens with zero attached hydrogens (tertiary/aromatic N) is 2. The van der Waals surface area contributed by atoms with E-state index in [0.29, 0.717) is 17.8 Å². The zero-order valence-corrected chi connectivity index (χ0v) is 12.4. The van der Waals surface area contributed by atoms with Crippen LogP contribution < -0.4 is 0 Å². The van der Waals surface area contributed by atoms with Crippen LogP contribution in [0.4, 0.5) is 4.39 Å². The van der Waals surface area contributed by atoms with Gasteiger partial charge in [-0.15, -0.1) is 0 Å². The van der Waals surface area contributed by atoms with Crippen molar-refractivity contribution in [2.24, 2.45) is 0 Å². The van der Waals surface area contributed by atoms with Gasteiger partial charge in [0, 0.05) is 12.1 Å². The summed E-state index contributed by atoms with van der Waals surface area (Å²) in [7, 11) is 0. The van der Waals surface area contributed by atoms with E-state index in [2.05, 4.69) is 5.10 Å². The zero-order chi connectivity index (χ0) is 14.9. The van der Waals surface area contributed by atoms with Crippen LogP contribution >= 0.6 is 0 Å². The number of aryl methyl sites for hydroxylation is 4.